The summed E-state index contributed by atoms with van der Waals surface area (Å²) in [4.78, 5) is 0. The molecule has 0 radical (unpaired) electrons. The molecule has 0 saturated heterocycles. The van der Waals surface area contributed by atoms with Crippen molar-refractivity contribution in [1.29, 1.82) is 0 Å². The van der Waals surface area contributed by atoms with E-state index in [1.54, 1.807) is 7.11 Å². The molecule has 1 aromatic rings. The number of hydrogen-bond acceptors (Lipinski definition) is 3. The minimum atomic E-state index is 0.671. The zero-order chi connectivity index (χ0) is 13.9. The third-order valence-electron chi connectivity index (χ3n) is 2.85. The lowest BCUT2D eigenvalue weighted by atomic mass is 10.1. The van der Waals surface area contributed by atoms with Crippen LogP contribution in [-0.2, 0) is 16.0 Å². The highest BCUT2D eigenvalue weighted by molar-refractivity contribution is 6.31. The molecule has 0 heterocycles. The molecule has 108 valence electrons. The van der Waals surface area contributed by atoms with Crippen LogP contribution in [0.4, 0.5) is 0 Å². The van der Waals surface area contributed by atoms with Crippen LogP contribution in [0, 0.1) is 6.92 Å². The summed E-state index contributed by atoms with van der Waals surface area (Å²) in [5, 5.41) is 4.24. The summed E-state index contributed by atoms with van der Waals surface area (Å²) in [5.74, 6) is 0. The van der Waals surface area contributed by atoms with E-state index in [0.717, 1.165) is 43.1 Å². The van der Waals surface area contributed by atoms with E-state index in [0.29, 0.717) is 13.2 Å². The van der Waals surface area contributed by atoms with Gasteiger partial charge in [0.15, 0.2) is 0 Å². The maximum atomic E-state index is 6.17. The molecule has 0 atom stereocenters. The highest BCUT2D eigenvalue weighted by Crippen LogP contribution is 2.17. The lowest BCUT2D eigenvalue weighted by molar-refractivity contribution is 0.0688. The van der Waals surface area contributed by atoms with Gasteiger partial charge in [-0.2, -0.15) is 0 Å². The second kappa shape index (κ2) is 10.2. The standard InChI is InChI=1S/C15H24ClNO2/c1-13-5-6-14(15(16)11-13)12-17-7-3-4-8-19-10-9-18-2/h5-6,11,17H,3-4,7-10,12H2,1-2H3. The van der Waals surface area contributed by atoms with Crippen molar-refractivity contribution in [1.82, 2.24) is 5.32 Å². The predicted molar refractivity (Wildman–Crippen MR) is 79.8 cm³/mol. The van der Waals surface area contributed by atoms with Crippen molar-refractivity contribution in [2.45, 2.75) is 26.3 Å². The molecule has 0 aliphatic carbocycles. The van der Waals surface area contributed by atoms with Gasteiger partial charge in [-0.05, 0) is 43.5 Å². The zero-order valence-electron chi connectivity index (χ0n) is 11.9. The van der Waals surface area contributed by atoms with E-state index in [2.05, 4.69) is 17.4 Å². The third-order valence-corrected chi connectivity index (χ3v) is 3.20. The maximum Gasteiger partial charge on any atom is 0.0700 e. The van der Waals surface area contributed by atoms with Gasteiger partial charge >= 0.3 is 0 Å². The van der Waals surface area contributed by atoms with Crippen LogP contribution in [0.2, 0.25) is 5.02 Å². The molecule has 0 aromatic heterocycles. The molecule has 0 unspecified atom stereocenters. The molecule has 4 heteroatoms. The van der Waals surface area contributed by atoms with Crippen molar-refractivity contribution < 1.29 is 9.47 Å². The summed E-state index contributed by atoms with van der Waals surface area (Å²) in [5.41, 5.74) is 2.35. The Morgan fingerprint density at radius 1 is 1.16 bits per heavy atom. The van der Waals surface area contributed by atoms with Crippen LogP contribution in [-0.4, -0.2) is 33.5 Å². The molecule has 1 aromatic carbocycles. The third kappa shape index (κ3) is 7.53. The highest BCUT2D eigenvalue weighted by Gasteiger charge is 1.99. The Bertz CT molecular complexity index is 358. The molecule has 19 heavy (non-hydrogen) atoms. The number of nitrogens with one attached hydrogen (secondary N) is 1. The van der Waals surface area contributed by atoms with Crippen molar-refractivity contribution in [3.05, 3.63) is 34.3 Å². The Balaban J connectivity index is 2.01. The van der Waals surface area contributed by atoms with Gasteiger partial charge in [0.1, 0.15) is 0 Å². The Labute approximate surface area is 121 Å². The number of rotatable bonds is 10. The summed E-state index contributed by atoms with van der Waals surface area (Å²) in [6.45, 7) is 6.01. The molecule has 0 saturated carbocycles. The number of methoxy groups -OCH3 is 1. The van der Waals surface area contributed by atoms with E-state index in [-0.39, 0.29) is 0 Å². The van der Waals surface area contributed by atoms with Crippen molar-refractivity contribution >= 4 is 11.6 Å². The lowest BCUT2D eigenvalue weighted by Crippen LogP contribution is -2.15. The average Bonchev–Trinajstić information content (AvgIpc) is 2.39. The van der Waals surface area contributed by atoms with Crippen LogP contribution in [0.1, 0.15) is 24.0 Å². The lowest BCUT2D eigenvalue weighted by Gasteiger charge is -2.08. The SMILES string of the molecule is COCCOCCCCNCc1ccc(C)cc1Cl. The summed E-state index contributed by atoms with van der Waals surface area (Å²) in [6.07, 6.45) is 2.18. The summed E-state index contributed by atoms with van der Waals surface area (Å²) in [7, 11) is 1.68. The van der Waals surface area contributed by atoms with Gasteiger partial charge in [-0.3, -0.25) is 0 Å². The molecule has 0 amide bonds. The van der Waals surface area contributed by atoms with Gasteiger partial charge in [-0.25, -0.2) is 0 Å². The molecule has 0 bridgehead atoms. The van der Waals surface area contributed by atoms with Crippen LogP contribution in [0.5, 0.6) is 0 Å². The Morgan fingerprint density at radius 2 is 2.00 bits per heavy atom. The van der Waals surface area contributed by atoms with E-state index in [9.17, 15) is 0 Å². The van der Waals surface area contributed by atoms with Crippen LogP contribution in [0.3, 0.4) is 0 Å². The normalized spacial score (nSPS) is 10.9. The molecule has 1 N–H and O–H groups in total. The van der Waals surface area contributed by atoms with E-state index < -0.39 is 0 Å². The van der Waals surface area contributed by atoms with Crippen molar-refractivity contribution in [3.8, 4) is 0 Å². The van der Waals surface area contributed by atoms with Gasteiger partial charge in [-0.1, -0.05) is 23.7 Å². The van der Waals surface area contributed by atoms with Gasteiger partial charge in [0.2, 0.25) is 0 Å². The maximum absolute atomic E-state index is 6.17. The summed E-state index contributed by atoms with van der Waals surface area (Å²) >= 11 is 6.17. The molecule has 0 spiro atoms. The van der Waals surface area contributed by atoms with Gasteiger partial charge in [0, 0.05) is 25.3 Å². The molecule has 0 aliphatic rings. The largest absolute Gasteiger partial charge is 0.382 e. The van der Waals surface area contributed by atoms with Crippen molar-refractivity contribution in [2.24, 2.45) is 0 Å². The van der Waals surface area contributed by atoms with E-state index in [4.69, 9.17) is 21.1 Å². The molecular formula is C15H24ClNO2. The zero-order valence-corrected chi connectivity index (χ0v) is 12.6. The summed E-state index contributed by atoms with van der Waals surface area (Å²) < 4.78 is 10.3. The first-order valence-corrected chi connectivity index (χ1v) is 7.14. The first-order chi connectivity index (χ1) is 9.24. The molecule has 3 nitrogen and oxygen atoms in total. The molecular weight excluding hydrogens is 262 g/mol. The fraction of sp³-hybridized carbons (Fsp3) is 0.600. The topological polar surface area (TPSA) is 30.5 Å². The highest BCUT2D eigenvalue weighted by atomic mass is 35.5. The van der Waals surface area contributed by atoms with E-state index in [1.807, 2.05) is 13.0 Å². The molecule has 1 rings (SSSR count). The van der Waals surface area contributed by atoms with E-state index >= 15 is 0 Å². The molecule has 0 fully saturated rings. The second-order valence-corrected chi connectivity index (χ2v) is 4.99. The van der Waals surface area contributed by atoms with Gasteiger partial charge < -0.3 is 14.8 Å². The fourth-order valence-corrected chi connectivity index (χ4v) is 2.02. The van der Waals surface area contributed by atoms with Crippen LogP contribution in [0.15, 0.2) is 18.2 Å². The Hall–Kier alpha value is -0.610. The summed E-state index contributed by atoms with van der Waals surface area (Å²) in [6, 6.07) is 6.17. The molecule has 0 aliphatic heterocycles. The van der Waals surface area contributed by atoms with Gasteiger partial charge in [-0.15, -0.1) is 0 Å². The Morgan fingerprint density at radius 3 is 2.74 bits per heavy atom. The Kier molecular flexibility index (Phi) is 8.84. The monoisotopic (exact) mass is 285 g/mol. The second-order valence-electron chi connectivity index (χ2n) is 4.58. The number of hydrogen-bond donors (Lipinski definition) is 1. The number of benzene rings is 1. The van der Waals surface area contributed by atoms with Gasteiger partial charge in [0.05, 0.1) is 13.2 Å². The van der Waals surface area contributed by atoms with Crippen LogP contribution >= 0.6 is 11.6 Å². The minimum Gasteiger partial charge on any atom is -0.382 e. The average molecular weight is 286 g/mol. The fourth-order valence-electron chi connectivity index (χ4n) is 1.72. The predicted octanol–water partition coefficient (Wildman–Crippen LogP) is 3.18. The quantitative estimate of drug-likeness (QED) is 0.670. The van der Waals surface area contributed by atoms with Crippen molar-refractivity contribution in [2.75, 3.05) is 33.5 Å². The minimum absolute atomic E-state index is 0.671. The van der Waals surface area contributed by atoms with E-state index in [1.165, 1.54) is 5.56 Å². The van der Waals surface area contributed by atoms with Crippen molar-refractivity contribution in [3.63, 3.8) is 0 Å². The smallest absolute Gasteiger partial charge is 0.0700 e. The number of halogens is 1. The van der Waals surface area contributed by atoms with Crippen LogP contribution in [0.25, 0.3) is 0 Å². The van der Waals surface area contributed by atoms with Gasteiger partial charge in [0.25, 0.3) is 0 Å². The number of aryl methyl sites for hydroxylation is 1. The number of unbranched alkanes of at least 4 members (excludes halogenated alkanes) is 1. The first-order valence-electron chi connectivity index (χ1n) is 6.76. The number of ether oxygens (including phenoxy) is 2. The van der Waals surface area contributed by atoms with Crippen LogP contribution < -0.4 is 5.32 Å². The first kappa shape index (κ1) is 16.4.